The van der Waals surface area contributed by atoms with Crippen molar-refractivity contribution in [1.29, 1.82) is 0 Å². The lowest BCUT2D eigenvalue weighted by atomic mass is 9.99. The summed E-state index contributed by atoms with van der Waals surface area (Å²) in [7, 11) is 0. The molecule has 0 amide bonds. The van der Waals surface area contributed by atoms with E-state index in [4.69, 9.17) is 9.47 Å². The van der Waals surface area contributed by atoms with E-state index in [1.807, 2.05) is 0 Å². The zero-order valence-electron chi connectivity index (χ0n) is 26.0. The van der Waals surface area contributed by atoms with E-state index in [1.165, 1.54) is 122 Å². The Bertz CT molecular complexity index is 505. The lowest BCUT2D eigenvalue weighted by molar-refractivity contribution is -0.145. The molecule has 0 rings (SSSR count). The van der Waals surface area contributed by atoms with Crippen LogP contribution in [0.15, 0.2) is 0 Å². The molecule has 1 unspecified atom stereocenters. The van der Waals surface area contributed by atoms with Gasteiger partial charge >= 0.3 is 11.9 Å². The lowest BCUT2D eigenvalue weighted by Crippen LogP contribution is -2.10. The Labute approximate surface area is 237 Å². The molecule has 0 fully saturated rings. The maximum Gasteiger partial charge on any atom is 0.306 e. The van der Waals surface area contributed by atoms with Crippen LogP contribution in [0.25, 0.3) is 0 Å². The van der Waals surface area contributed by atoms with Crippen molar-refractivity contribution >= 4 is 11.9 Å². The Kier molecular flexibility index (Phi) is 29.6. The van der Waals surface area contributed by atoms with Crippen LogP contribution >= 0.6 is 0 Å². The minimum atomic E-state index is -0.00510. The Morgan fingerprint density at radius 1 is 0.474 bits per heavy atom. The fourth-order valence-electron chi connectivity index (χ4n) is 5.01. The van der Waals surface area contributed by atoms with E-state index in [0.717, 1.165) is 32.1 Å². The monoisotopic (exact) mass is 538 g/mol. The van der Waals surface area contributed by atoms with Gasteiger partial charge in [-0.3, -0.25) is 9.59 Å². The van der Waals surface area contributed by atoms with E-state index in [1.54, 1.807) is 0 Å². The largest absolute Gasteiger partial charge is 0.466 e. The van der Waals surface area contributed by atoms with Gasteiger partial charge in [0, 0.05) is 12.8 Å². The summed E-state index contributed by atoms with van der Waals surface area (Å²) < 4.78 is 10.8. The molecule has 0 aromatic rings. The highest BCUT2D eigenvalue weighted by molar-refractivity contribution is 5.69. The van der Waals surface area contributed by atoms with Gasteiger partial charge in [-0.1, -0.05) is 156 Å². The molecule has 4 heteroatoms. The van der Waals surface area contributed by atoms with Crippen LogP contribution < -0.4 is 0 Å². The molecular formula is C34H66O4. The molecule has 38 heavy (non-hydrogen) atoms. The molecule has 0 aliphatic carbocycles. The average molecular weight is 539 g/mol. The highest BCUT2D eigenvalue weighted by Crippen LogP contribution is 2.17. The van der Waals surface area contributed by atoms with E-state index in [0.29, 0.717) is 32.0 Å². The second-order valence-electron chi connectivity index (χ2n) is 11.7. The van der Waals surface area contributed by atoms with Crippen LogP contribution in [-0.2, 0) is 19.1 Å². The molecule has 0 aliphatic heterocycles. The van der Waals surface area contributed by atoms with Gasteiger partial charge in [0.15, 0.2) is 0 Å². The fraction of sp³-hybridized carbons (Fsp3) is 0.941. The molecule has 0 heterocycles. The maximum atomic E-state index is 12.0. The highest BCUT2D eigenvalue weighted by atomic mass is 16.5. The first kappa shape index (κ1) is 36.9. The van der Waals surface area contributed by atoms with Gasteiger partial charge in [-0.15, -0.1) is 0 Å². The molecular weight excluding hydrogens is 472 g/mol. The van der Waals surface area contributed by atoms with Crippen molar-refractivity contribution in [2.45, 2.75) is 188 Å². The minimum Gasteiger partial charge on any atom is -0.466 e. The Morgan fingerprint density at radius 2 is 0.842 bits per heavy atom. The first-order valence-corrected chi connectivity index (χ1v) is 16.9. The number of hydrogen-bond acceptors (Lipinski definition) is 4. The van der Waals surface area contributed by atoms with Gasteiger partial charge in [-0.25, -0.2) is 0 Å². The molecule has 226 valence electrons. The molecule has 0 aromatic heterocycles. The van der Waals surface area contributed by atoms with Crippen molar-refractivity contribution in [3.8, 4) is 0 Å². The molecule has 1 atom stereocenters. The van der Waals surface area contributed by atoms with Crippen molar-refractivity contribution in [2.24, 2.45) is 5.92 Å². The van der Waals surface area contributed by atoms with Gasteiger partial charge < -0.3 is 9.47 Å². The molecule has 0 radical (unpaired) electrons. The van der Waals surface area contributed by atoms with E-state index >= 15 is 0 Å². The van der Waals surface area contributed by atoms with Crippen molar-refractivity contribution in [3.63, 3.8) is 0 Å². The average Bonchev–Trinajstić information content (AvgIpc) is 2.90. The Morgan fingerprint density at radius 3 is 1.32 bits per heavy atom. The summed E-state index contributed by atoms with van der Waals surface area (Å²) in [6.07, 6.45) is 30.9. The van der Waals surface area contributed by atoms with Crippen molar-refractivity contribution in [2.75, 3.05) is 13.2 Å². The van der Waals surface area contributed by atoms with Crippen LogP contribution in [0, 0.1) is 5.92 Å². The standard InChI is InChI=1S/C34H66O4/c1-4-6-8-10-21-25-29-37-33(35)28-24-20-18-16-14-12-13-15-17-19-23-27-32(3)31-34(36)38-30-26-22-11-9-7-5-2/h32H,4-31H2,1-3H3. The summed E-state index contributed by atoms with van der Waals surface area (Å²) in [6, 6.07) is 0. The van der Waals surface area contributed by atoms with E-state index in [9.17, 15) is 9.59 Å². The van der Waals surface area contributed by atoms with Crippen LogP contribution in [0.5, 0.6) is 0 Å². The van der Waals surface area contributed by atoms with Crippen molar-refractivity contribution in [1.82, 2.24) is 0 Å². The fourth-order valence-corrected chi connectivity index (χ4v) is 5.01. The number of carbonyl (C=O) groups is 2. The number of hydrogen-bond donors (Lipinski definition) is 0. The first-order chi connectivity index (χ1) is 18.6. The van der Waals surface area contributed by atoms with Crippen LogP contribution in [0.4, 0.5) is 0 Å². The molecule has 0 spiro atoms. The molecule has 4 nitrogen and oxygen atoms in total. The predicted molar refractivity (Wildman–Crippen MR) is 162 cm³/mol. The summed E-state index contributed by atoms with van der Waals surface area (Å²) in [5.41, 5.74) is 0. The van der Waals surface area contributed by atoms with Crippen molar-refractivity contribution in [3.05, 3.63) is 0 Å². The van der Waals surface area contributed by atoms with Gasteiger partial charge in [-0.05, 0) is 25.2 Å². The van der Waals surface area contributed by atoms with Gasteiger partial charge in [0.25, 0.3) is 0 Å². The third kappa shape index (κ3) is 29.5. The predicted octanol–water partition coefficient (Wildman–Crippen LogP) is 10.9. The van der Waals surface area contributed by atoms with Gasteiger partial charge in [0.2, 0.25) is 0 Å². The Balaban J connectivity index is 3.31. The van der Waals surface area contributed by atoms with Crippen LogP contribution in [0.1, 0.15) is 188 Å². The van der Waals surface area contributed by atoms with Gasteiger partial charge in [-0.2, -0.15) is 0 Å². The zero-order valence-corrected chi connectivity index (χ0v) is 26.0. The third-order valence-corrected chi connectivity index (χ3v) is 7.61. The molecule has 0 saturated carbocycles. The smallest absolute Gasteiger partial charge is 0.306 e. The quantitative estimate of drug-likeness (QED) is 0.0674. The molecule has 0 N–H and O–H groups in total. The zero-order chi connectivity index (χ0) is 27.9. The second-order valence-corrected chi connectivity index (χ2v) is 11.7. The van der Waals surface area contributed by atoms with Crippen LogP contribution in [-0.4, -0.2) is 25.2 Å². The Hall–Kier alpha value is -1.06. The molecule has 0 bridgehead atoms. The van der Waals surface area contributed by atoms with E-state index in [-0.39, 0.29) is 11.9 Å². The minimum absolute atomic E-state index is 0.00335. The summed E-state index contributed by atoms with van der Waals surface area (Å²) in [6.45, 7) is 7.86. The first-order valence-electron chi connectivity index (χ1n) is 16.9. The summed E-state index contributed by atoms with van der Waals surface area (Å²) in [5.74, 6) is 0.431. The van der Waals surface area contributed by atoms with Crippen LogP contribution in [0.3, 0.4) is 0 Å². The van der Waals surface area contributed by atoms with Crippen LogP contribution in [0.2, 0.25) is 0 Å². The topological polar surface area (TPSA) is 52.6 Å². The summed E-state index contributed by atoms with van der Waals surface area (Å²) in [5, 5.41) is 0. The van der Waals surface area contributed by atoms with E-state index in [2.05, 4.69) is 20.8 Å². The number of carbonyl (C=O) groups excluding carboxylic acids is 2. The summed E-state index contributed by atoms with van der Waals surface area (Å²) in [4.78, 5) is 23.8. The SMILES string of the molecule is CCCCCCCCOC(=O)CCCCCCCCCCCCCC(C)CC(=O)OCCCCCCCC. The van der Waals surface area contributed by atoms with Crippen molar-refractivity contribution < 1.29 is 19.1 Å². The maximum absolute atomic E-state index is 12.0. The molecule has 0 aromatic carbocycles. The number of esters is 2. The highest BCUT2D eigenvalue weighted by Gasteiger charge is 2.10. The second kappa shape index (κ2) is 30.5. The number of rotatable bonds is 30. The number of ether oxygens (including phenoxy) is 2. The summed E-state index contributed by atoms with van der Waals surface area (Å²) >= 11 is 0. The van der Waals surface area contributed by atoms with Gasteiger partial charge in [0.1, 0.15) is 0 Å². The molecule has 0 saturated heterocycles. The third-order valence-electron chi connectivity index (χ3n) is 7.61. The lowest BCUT2D eigenvalue weighted by Gasteiger charge is -2.11. The normalized spacial score (nSPS) is 12.0. The number of unbranched alkanes of at least 4 members (excludes halogenated alkanes) is 20. The van der Waals surface area contributed by atoms with E-state index < -0.39 is 0 Å². The molecule has 0 aliphatic rings. The van der Waals surface area contributed by atoms with Gasteiger partial charge in [0.05, 0.1) is 13.2 Å².